The Hall–Kier alpha value is -2.21. The molecule has 2 fully saturated rings. The number of nitrogens with zero attached hydrogens (tertiary/aromatic N) is 4. The number of methoxy groups -OCH3 is 1. The molecule has 0 saturated carbocycles. The van der Waals surface area contributed by atoms with Crippen molar-refractivity contribution in [2.45, 2.75) is 30.0 Å². The second-order valence-corrected chi connectivity index (χ2v) is 12.3. The molecule has 2 aromatic heterocycles. The summed E-state index contributed by atoms with van der Waals surface area (Å²) in [6.45, 7) is 4.89. The number of benzene rings is 1. The van der Waals surface area contributed by atoms with Gasteiger partial charge in [-0.1, -0.05) is 23.5 Å². The van der Waals surface area contributed by atoms with E-state index in [9.17, 15) is 13.2 Å². The summed E-state index contributed by atoms with van der Waals surface area (Å²) >= 11 is 2.84. The van der Waals surface area contributed by atoms with E-state index in [1.165, 1.54) is 15.6 Å². The van der Waals surface area contributed by atoms with E-state index in [4.69, 9.17) is 9.72 Å². The zero-order valence-corrected chi connectivity index (χ0v) is 21.0. The lowest BCUT2D eigenvalue weighted by Crippen LogP contribution is -2.54. The minimum atomic E-state index is -3.63. The molecule has 0 spiro atoms. The molecule has 11 heteroatoms. The summed E-state index contributed by atoms with van der Waals surface area (Å²) in [4.78, 5) is 22.1. The number of thiazole rings is 1. The van der Waals surface area contributed by atoms with Gasteiger partial charge in [-0.3, -0.25) is 4.79 Å². The van der Waals surface area contributed by atoms with E-state index in [-0.39, 0.29) is 5.91 Å². The Balaban J connectivity index is 1.29. The van der Waals surface area contributed by atoms with Crippen molar-refractivity contribution in [1.82, 2.24) is 14.2 Å². The zero-order chi connectivity index (χ0) is 23.2. The summed E-state index contributed by atoms with van der Waals surface area (Å²) in [5.74, 6) is 0.675. The molecule has 0 N–H and O–H groups in total. The highest BCUT2D eigenvalue weighted by Gasteiger charge is 2.42. The van der Waals surface area contributed by atoms with Gasteiger partial charge in [0.1, 0.15) is 21.5 Å². The zero-order valence-electron chi connectivity index (χ0n) is 18.6. The Morgan fingerprint density at radius 3 is 2.64 bits per heavy atom. The average molecular weight is 507 g/mol. The predicted molar refractivity (Wildman–Crippen MR) is 131 cm³/mol. The Bertz CT molecular complexity index is 1260. The molecule has 1 aromatic carbocycles. The molecule has 1 amide bonds. The maximum Gasteiger partial charge on any atom is 0.253 e. The lowest BCUT2D eigenvalue weighted by molar-refractivity contribution is -0.134. The van der Waals surface area contributed by atoms with E-state index in [0.29, 0.717) is 49.8 Å². The Morgan fingerprint density at radius 2 is 1.94 bits per heavy atom. The number of carbonyl (C=O) groups is 1. The van der Waals surface area contributed by atoms with Gasteiger partial charge in [0.25, 0.3) is 10.0 Å². The SMILES string of the molecule is COc1ccc(C)c2sc(N3CCN(C(=O)[C@@H]4CCCN4S(=O)(=O)c4cccs4)CC3)nc12. The molecule has 0 bridgehead atoms. The van der Waals surface area contributed by atoms with E-state index < -0.39 is 16.1 Å². The van der Waals surface area contributed by atoms with Crippen LogP contribution in [0.25, 0.3) is 10.2 Å². The molecule has 2 saturated heterocycles. The van der Waals surface area contributed by atoms with Gasteiger partial charge in [-0.05, 0) is 42.8 Å². The van der Waals surface area contributed by atoms with E-state index in [0.717, 1.165) is 26.7 Å². The average Bonchev–Trinajstić information content (AvgIpc) is 3.60. The van der Waals surface area contributed by atoms with Crippen LogP contribution in [0.3, 0.4) is 0 Å². The van der Waals surface area contributed by atoms with Crippen LogP contribution in [-0.2, 0) is 14.8 Å². The second-order valence-electron chi connectivity index (χ2n) is 8.28. The second kappa shape index (κ2) is 8.86. The molecule has 8 nitrogen and oxygen atoms in total. The van der Waals surface area contributed by atoms with Crippen LogP contribution in [0.2, 0.25) is 0 Å². The molecule has 33 heavy (non-hydrogen) atoms. The Morgan fingerprint density at radius 1 is 1.15 bits per heavy atom. The van der Waals surface area contributed by atoms with Gasteiger partial charge >= 0.3 is 0 Å². The third kappa shape index (κ3) is 4.01. The van der Waals surface area contributed by atoms with Gasteiger partial charge in [-0.15, -0.1) is 11.3 Å². The Kier molecular flexibility index (Phi) is 6.06. The Labute approximate surface area is 201 Å². The summed E-state index contributed by atoms with van der Waals surface area (Å²) in [6, 6.07) is 6.70. The number of hydrogen-bond donors (Lipinski definition) is 0. The van der Waals surface area contributed by atoms with E-state index in [2.05, 4.69) is 11.8 Å². The number of rotatable bonds is 5. The van der Waals surface area contributed by atoms with Gasteiger partial charge < -0.3 is 14.5 Å². The minimum absolute atomic E-state index is 0.0888. The number of hydrogen-bond acceptors (Lipinski definition) is 8. The number of piperazine rings is 1. The van der Waals surface area contributed by atoms with Crippen molar-refractivity contribution in [2.75, 3.05) is 44.7 Å². The van der Waals surface area contributed by atoms with Crippen molar-refractivity contribution in [3.63, 3.8) is 0 Å². The van der Waals surface area contributed by atoms with Crippen molar-refractivity contribution in [3.8, 4) is 5.75 Å². The molecular weight excluding hydrogens is 480 g/mol. The highest BCUT2D eigenvalue weighted by molar-refractivity contribution is 7.91. The first-order chi connectivity index (χ1) is 15.9. The van der Waals surface area contributed by atoms with Crippen LogP contribution >= 0.6 is 22.7 Å². The third-order valence-electron chi connectivity index (χ3n) is 6.32. The molecule has 176 valence electrons. The van der Waals surface area contributed by atoms with Gasteiger partial charge in [0.05, 0.1) is 11.8 Å². The standard InChI is InChI=1S/C22H26N4O4S3/c1-15-7-8-17(30-2)19-20(15)32-22(23-19)25-12-10-24(11-13-25)21(27)16-5-3-9-26(16)33(28,29)18-6-4-14-31-18/h4,6-8,14,16H,3,5,9-13H2,1-2H3/t16-/m0/s1. The number of thiophene rings is 1. The molecule has 3 aromatic rings. The van der Waals surface area contributed by atoms with Crippen LogP contribution in [0.4, 0.5) is 5.13 Å². The largest absolute Gasteiger partial charge is 0.494 e. The van der Waals surface area contributed by atoms with Gasteiger partial charge in [0, 0.05) is 32.7 Å². The van der Waals surface area contributed by atoms with Crippen LogP contribution in [0, 0.1) is 6.92 Å². The number of fused-ring (bicyclic) bond motifs is 1. The summed E-state index contributed by atoms with van der Waals surface area (Å²) in [5.41, 5.74) is 2.04. The van der Waals surface area contributed by atoms with Crippen LogP contribution in [0.1, 0.15) is 18.4 Å². The fourth-order valence-corrected chi connectivity index (χ4v) is 8.40. The summed E-state index contributed by atoms with van der Waals surface area (Å²) in [5, 5.41) is 2.67. The number of ether oxygens (including phenoxy) is 1. The van der Waals surface area contributed by atoms with Crippen LogP contribution in [-0.4, -0.2) is 74.4 Å². The van der Waals surface area contributed by atoms with E-state index in [1.54, 1.807) is 36.0 Å². The first-order valence-electron chi connectivity index (χ1n) is 10.9. The summed E-state index contributed by atoms with van der Waals surface area (Å²) in [7, 11) is -1.98. The number of anilines is 1. The molecule has 2 aliphatic rings. The lowest BCUT2D eigenvalue weighted by Gasteiger charge is -2.37. The first-order valence-corrected chi connectivity index (χ1v) is 14.1. The van der Waals surface area contributed by atoms with Gasteiger partial charge in [0.2, 0.25) is 5.91 Å². The number of sulfonamides is 1. The maximum absolute atomic E-state index is 13.3. The topological polar surface area (TPSA) is 83.0 Å². The van der Waals surface area contributed by atoms with Crippen LogP contribution in [0.5, 0.6) is 5.75 Å². The molecule has 1 atom stereocenters. The van der Waals surface area contributed by atoms with Crippen molar-refractivity contribution in [3.05, 3.63) is 35.2 Å². The molecule has 0 unspecified atom stereocenters. The maximum atomic E-state index is 13.3. The van der Waals surface area contributed by atoms with Crippen LogP contribution in [0.15, 0.2) is 33.9 Å². The molecule has 5 rings (SSSR count). The number of aromatic nitrogens is 1. The predicted octanol–water partition coefficient (Wildman–Crippen LogP) is 3.18. The molecule has 2 aliphatic heterocycles. The van der Waals surface area contributed by atoms with E-state index >= 15 is 0 Å². The third-order valence-corrected chi connectivity index (χ3v) is 10.9. The first kappa shape index (κ1) is 22.6. The van der Waals surface area contributed by atoms with Gasteiger partial charge in [-0.25, -0.2) is 13.4 Å². The minimum Gasteiger partial charge on any atom is -0.494 e. The molecule has 4 heterocycles. The summed E-state index contributed by atoms with van der Waals surface area (Å²) in [6.07, 6.45) is 1.27. The van der Waals surface area contributed by atoms with Gasteiger partial charge in [-0.2, -0.15) is 4.31 Å². The highest BCUT2D eigenvalue weighted by atomic mass is 32.2. The number of amides is 1. The van der Waals surface area contributed by atoms with Crippen LogP contribution < -0.4 is 9.64 Å². The van der Waals surface area contributed by atoms with E-state index in [1.807, 2.05) is 17.0 Å². The van der Waals surface area contributed by atoms with Crippen molar-refractivity contribution in [2.24, 2.45) is 0 Å². The monoisotopic (exact) mass is 506 g/mol. The fourth-order valence-electron chi connectivity index (χ4n) is 4.53. The molecular formula is C22H26N4O4S3. The molecule has 0 aliphatic carbocycles. The van der Waals surface area contributed by atoms with Crippen molar-refractivity contribution >= 4 is 54.0 Å². The van der Waals surface area contributed by atoms with Gasteiger partial charge in [0.15, 0.2) is 5.13 Å². The summed E-state index contributed by atoms with van der Waals surface area (Å²) < 4.78 is 34.4. The quantitative estimate of drug-likeness (QED) is 0.529. The normalized spacial score (nSPS) is 20.0. The van der Waals surface area contributed by atoms with Crippen molar-refractivity contribution in [1.29, 1.82) is 0 Å². The highest BCUT2D eigenvalue weighted by Crippen LogP contribution is 2.37. The molecule has 0 radical (unpaired) electrons. The smallest absolute Gasteiger partial charge is 0.253 e. The number of carbonyl (C=O) groups excluding carboxylic acids is 1. The fraction of sp³-hybridized carbons (Fsp3) is 0.455. The number of aryl methyl sites for hydroxylation is 1. The van der Waals surface area contributed by atoms with Crippen molar-refractivity contribution < 1.29 is 17.9 Å². The lowest BCUT2D eigenvalue weighted by atomic mass is 10.2.